The molecule has 5 aliphatic rings. The van der Waals surface area contributed by atoms with Crippen LogP contribution < -0.4 is 5.32 Å². The van der Waals surface area contributed by atoms with Gasteiger partial charge in [0.05, 0.1) is 17.6 Å². The summed E-state index contributed by atoms with van der Waals surface area (Å²) in [5.74, 6) is 2.74. The van der Waals surface area contributed by atoms with Crippen LogP contribution in [0.3, 0.4) is 0 Å². The Kier molecular flexibility index (Phi) is 4.57. The number of thiophene rings is 1. The maximum Gasteiger partial charge on any atom is 0.341 e. The van der Waals surface area contributed by atoms with Crippen molar-refractivity contribution in [3.8, 4) is 0 Å². The van der Waals surface area contributed by atoms with Crippen molar-refractivity contribution in [1.82, 2.24) is 0 Å². The summed E-state index contributed by atoms with van der Waals surface area (Å²) in [5, 5.41) is 4.01. The van der Waals surface area contributed by atoms with Gasteiger partial charge >= 0.3 is 5.97 Å². The molecule has 1 aromatic rings. The number of amides is 1. The number of hydrogen-bond acceptors (Lipinski definition) is 4. The molecule has 5 aliphatic carbocycles. The van der Waals surface area contributed by atoms with Crippen LogP contribution in [0.4, 0.5) is 5.00 Å². The summed E-state index contributed by atoms with van der Waals surface area (Å²) in [4.78, 5) is 27.5. The van der Waals surface area contributed by atoms with E-state index < -0.39 is 0 Å². The van der Waals surface area contributed by atoms with Crippen molar-refractivity contribution in [2.75, 3.05) is 11.9 Å². The Labute approximate surface area is 171 Å². The fourth-order valence-corrected chi connectivity index (χ4v) is 8.28. The largest absolute Gasteiger partial charge is 0.462 e. The molecular weight excluding hydrogens is 370 g/mol. The number of carbonyl (C=O) groups is 2. The number of rotatable bonds is 4. The average molecular weight is 402 g/mol. The quantitative estimate of drug-likeness (QED) is 0.705. The van der Waals surface area contributed by atoms with Crippen molar-refractivity contribution in [1.29, 1.82) is 0 Å². The molecular formula is C23H31NO3S. The Morgan fingerprint density at radius 3 is 2.39 bits per heavy atom. The summed E-state index contributed by atoms with van der Waals surface area (Å²) in [6.07, 6.45) is 10.1. The van der Waals surface area contributed by atoms with Crippen LogP contribution in [-0.2, 0) is 22.4 Å². The second-order valence-electron chi connectivity index (χ2n) is 9.93. The fraction of sp³-hybridized carbons (Fsp3) is 0.739. The lowest BCUT2D eigenvalue weighted by molar-refractivity contribution is -0.140. The second kappa shape index (κ2) is 6.86. The first-order valence-corrected chi connectivity index (χ1v) is 11.9. The first-order chi connectivity index (χ1) is 13.5. The predicted octanol–water partition coefficient (Wildman–Crippen LogP) is 5.20. The van der Waals surface area contributed by atoms with E-state index in [1.165, 1.54) is 24.1 Å². The molecule has 1 heterocycles. The van der Waals surface area contributed by atoms with Crippen LogP contribution in [0.25, 0.3) is 0 Å². The molecule has 28 heavy (non-hydrogen) atoms. The topological polar surface area (TPSA) is 55.4 Å². The molecule has 1 amide bonds. The SMILES string of the molecule is CCOC(=O)c1c(NC(=O)C23CC4CC(CC(C4)C2)C3)sc2c1CC[C@@H](C)C2. The maximum atomic E-state index is 13.5. The van der Waals surface area contributed by atoms with Crippen LogP contribution in [0.5, 0.6) is 0 Å². The van der Waals surface area contributed by atoms with E-state index in [1.807, 2.05) is 6.92 Å². The molecule has 0 saturated heterocycles. The van der Waals surface area contributed by atoms with Crippen molar-refractivity contribution in [3.05, 3.63) is 16.0 Å². The molecule has 5 heteroatoms. The van der Waals surface area contributed by atoms with Gasteiger partial charge in [-0.05, 0) is 93.9 Å². The highest BCUT2D eigenvalue weighted by molar-refractivity contribution is 7.17. The average Bonchev–Trinajstić information content (AvgIpc) is 2.97. The minimum absolute atomic E-state index is 0.170. The van der Waals surface area contributed by atoms with E-state index in [4.69, 9.17) is 4.74 Å². The van der Waals surface area contributed by atoms with Crippen LogP contribution in [0.15, 0.2) is 0 Å². The molecule has 4 bridgehead atoms. The van der Waals surface area contributed by atoms with Gasteiger partial charge in [0.1, 0.15) is 5.00 Å². The lowest BCUT2D eigenvalue weighted by Gasteiger charge is -2.55. The van der Waals surface area contributed by atoms with Crippen LogP contribution in [0.2, 0.25) is 0 Å². The summed E-state index contributed by atoms with van der Waals surface area (Å²) in [6.45, 7) is 4.47. The second-order valence-corrected chi connectivity index (χ2v) is 11.0. The molecule has 1 N–H and O–H groups in total. The molecule has 0 aromatic carbocycles. The number of fused-ring (bicyclic) bond motifs is 1. The first-order valence-electron chi connectivity index (χ1n) is 11.1. The Morgan fingerprint density at radius 2 is 1.79 bits per heavy atom. The van der Waals surface area contributed by atoms with Crippen molar-refractivity contribution in [2.24, 2.45) is 29.1 Å². The third kappa shape index (κ3) is 3.01. The highest BCUT2D eigenvalue weighted by Gasteiger charge is 2.54. The van der Waals surface area contributed by atoms with Crippen LogP contribution in [0, 0.1) is 29.1 Å². The minimum atomic E-state index is -0.268. The summed E-state index contributed by atoms with van der Waals surface area (Å²) in [7, 11) is 0. The molecule has 4 fully saturated rings. The molecule has 1 atom stereocenters. The van der Waals surface area contributed by atoms with E-state index in [2.05, 4.69) is 12.2 Å². The van der Waals surface area contributed by atoms with Crippen molar-refractivity contribution in [2.45, 2.75) is 71.6 Å². The van der Waals surface area contributed by atoms with Gasteiger partial charge in [0.15, 0.2) is 0 Å². The van der Waals surface area contributed by atoms with E-state index >= 15 is 0 Å². The Morgan fingerprint density at radius 1 is 1.14 bits per heavy atom. The van der Waals surface area contributed by atoms with Crippen molar-refractivity contribution >= 4 is 28.2 Å². The highest BCUT2D eigenvalue weighted by atomic mass is 32.1. The third-order valence-electron chi connectivity index (χ3n) is 7.74. The molecule has 6 rings (SSSR count). The molecule has 0 aliphatic heterocycles. The zero-order valence-electron chi connectivity index (χ0n) is 17.0. The third-order valence-corrected chi connectivity index (χ3v) is 8.91. The van der Waals surface area contributed by atoms with Gasteiger partial charge in [0.2, 0.25) is 5.91 Å². The normalized spacial score (nSPS) is 35.5. The van der Waals surface area contributed by atoms with E-state index in [9.17, 15) is 9.59 Å². The molecule has 152 valence electrons. The summed E-state index contributed by atoms with van der Waals surface area (Å²) in [6, 6.07) is 0. The number of esters is 1. The molecule has 4 saturated carbocycles. The molecule has 4 nitrogen and oxygen atoms in total. The summed E-state index contributed by atoms with van der Waals surface area (Å²) < 4.78 is 5.37. The van der Waals surface area contributed by atoms with E-state index in [0.29, 0.717) is 18.1 Å². The Hall–Kier alpha value is -1.36. The summed E-state index contributed by atoms with van der Waals surface area (Å²) >= 11 is 1.62. The first kappa shape index (κ1) is 18.7. The van der Waals surface area contributed by atoms with Gasteiger partial charge in [-0.2, -0.15) is 0 Å². The number of anilines is 1. The smallest absolute Gasteiger partial charge is 0.341 e. The number of ether oxygens (including phenoxy) is 1. The van der Waals surface area contributed by atoms with Crippen molar-refractivity contribution < 1.29 is 14.3 Å². The van der Waals surface area contributed by atoms with Crippen LogP contribution in [0.1, 0.15) is 79.6 Å². The van der Waals surface area contributed by atoms with Crippen molar-refractivity contribution in [3.63, 3.8) is 0 Å². The molecule has 0 radical (unpaired) electrons. The monoisotopic (exact) mass is 401 g/mol. The van der Waals surface area contributed by atoms with Gasteiger partial charge in [0, 0.05) is 4.88 Å². The zero-order chi connectivity index (χ0) is 19.5. The molecule has 0 unspecified atom stereocenters. The van der Waals surface area contributed by atoms with Crippen LogP contribution in [-0.4, -0.2) is 18.5 Å². The van der Waals surface area contributed by atoms with Gasteiger partial charge in [0.25, 0.3) is 0 Å². The van der Waals surface area contributed by atoms with Gasteiger partial charge in [-0.25, -0.2) is 4.79 Å². The predicted molar refractivity (Wildman–Crippen MR) is 111 cm³/mol. The molecule has 0 spiro atoms. The highest BCUT2D eigenvalue weighted by Crippen LogP contribution is 2.60. The van der Waals surface area contributed by atoms with Crippen LogP contribution >= 0.6 is 11.3 Å². The maximum absolute atomic E-state index is 13.5. The number of hydrogen-bond donors (Lipinski definition) is 1. The minimum Gasteiger partial charge on any atom is -0.462 e. The van der Waals surface area contributed by atoms with E-state index in [0.717, 1.165) is 66.8 Å². The Bertz CT molecular complexity index is 776. The summed E-state index contributed by atoms with van der Waals surface area (Å²) in [5.41, 5.74) is 1.58. The zero-order valence-corrected chi connectivity index (χ0v) is 17.8. The lowest BCUT2D eigenvalue weighted by Crippen LogP contribution is -2.51. The lowest BCUT2D eigenvalue weighted by atomic mass is 9.49. The van der Waals surface area contributed by atoms with E-state index in [-0.39, 0.29) is 17.3 Å². The number of carbonyl (C=O) groups excluding carboxylic acids is 2. The fourth-order valence-electron chi connectivity index (χ4n) is 6.88. The van der Waals surface area contributed by atoms with Gasteiger partial charge in [-0.3, -0.25) is 4.79 Å². The molecule has 1 aromatic heterocycles. The standard InChI is InChI=1S/C23H31NO3S/c1-3-27-21(25)19-17-5-4-13(2)6-18(17)28-20(19)24-22(26)23-10-14-7-15(11-23)9-16(8-14)12-23/h13-16H,3-12H2,1-2H3,(H,24,26)/t13-,14?,15?,16?,23?/m1/s1. The van der Waals surface area contributed by atoms with E-state index in [1.54, 1.807) is 11.3 Å². The van der Waals surface area contributed by atoms with Gasteiger partial charge < -0.3 is 10.1 Å². The van der Waals surface area contributed by atoms with Gasteiger partial charge in [-0.1, -0.05) is 6.92 Å². The Balaban J connectivity index is 1.45. The van der Waals surface area contributed by atoms with Gasteiger partial charge in [-0.15, -0.1) is 11.3 Å². The number of nitrogens with one attached hydrogen (secondary N) is 1.